The highest BCUT2D eigenvalue weighted by Gasteiger charge is 2.30. The fraction of sp³-hybridized carbons (Fsp3) is 0.276. The first kappa shape index (κ1) is 26.8. The topological polar surface area (TPSA) is 84.2 Å². The molecule has 1 saturated heterocycles. The number of nitrogens with zero attached hydrogens (tertiary/aromatic N) is 6. The van der Waals surface area contributed by atoms with Gasteiger partial charge in [-0.1, -0.05) is 68.9 Å². The lowest BCUT2D eigenvalue weighted by molar-refractivity contribution is -0.126. The third-order valence-corrected chi connectivity index (χ3v) is 8.06. The maximum absolute atomic E-state index is 13.8. The summed E-state index contributed by atoms with van der Waals surface area (Å²) in [6.45, 7) is 15.1. The van der Waals surface area contributed by atoms with Crippen LogP contribution in [0.15, 0.2) is 59.9 Å². The lowest BCUT2D eigenvalue weighted by atomic mass is 10.0. The molecule has 3 aromatic heterocycles. The molecule has 39 heavy (non-hydrogen) atoms. The molecule has 4 aromatic rings. The van der Waals surface area contributed by atoms with Crippen molar-refractivity contribution in [1.29, 1.82) is 0 Å². The zero-order valence-electron chi connectivity index (χ0n) is 22.1. The van der Waals surface area contributed by atoms with E-state index in [0.717, 1.165) is 16.8 Å². The predicted molar refractivity (Wildman–Crippen MR) is 159 cm³/mol. The Bertz CT molecular complexity index is 1660. The number of pyridine rings is 1. The molecule has 0 radical (unpaired) electrons. The van der Waals surface area contributed by atoms with E-state index in [2.05, 4.69) is 23.1 Å². The third kappa shape index (κ3) is 4.77. The number of fused-ring (bicyclic) bond motifs is 1. The van der Waals surface area contributed by atoms with E-state index in [1.807, 2.05) is 56.0 Å². The summed E-state index contributed by atoms with van der Waals surface area (Å²) in [5.74, 6) is 0.478. The summed E-state index contributed by atoms with van der Waals surface area (Å²) in [5, 5.41) is 1.77. The number of benzene rings is 1. The number of anilines is 1. The van der Waals surface area contributed by atoms with Crippen molar-refractivity contribution in [3.05, 3.63) is 81.8 Å². The van der Waals surface area contributed by atoms with Gasteiger partial charge in [-0.05, 0) is 30.5 Å². The van der Waals surface area contributed by atoms with Gasteiger partial charge in [-0.15, -0.1) is 11.3 Å². The number of carbonyl (C=O) groups excluding carboxylic acids is 1. The molecule has 10 heteroatoms. The van der Waals surface area contributed by atoms with Crippen molar-refractivity contribution in [2.24, 2.45) is 0 Å². The lowest BCUT2D eigenvalue weighted by Gasteiger charge is -2.40. The Labute approximate surface area is 235 Å². The molecule has 1 aromatic carbocycles. The Balaban J connectivity index is 1.78. The number of hydrogen-bond donors (Lipinski definition) is 0. The quantitative estimate of drug-likeness (QED) is 0.288. The molecule has 5 rings (SSSR count). The summed E-state index contributed by atoms with van der Waals surface area (Å²) in [4.78, 5) is 44.0. The molecule has 8 nitrogen and oxygen atoms in total. The molecule has 1 amide bonds. The SMILES string of the molecule is C=CC(=O)N1CCN(c2nc(=O)n(-c3scnc3C(C)C)c3nc(-c4ccccc4C=C)c(Cl)cc23)[C@@H](C)C1. The Hall–Kier alpha value is -3.82. The molecule has 1 fully saturated rings. The normalized spacial score (nSPS) is 15.7. The second-order valence-electron chi connectivity index (χ2n) is 9.76. The highest BCUT2D eigenvalue weighted by Crippen LogP contribution is 2.36. The number of halogens is 1. The Morgan fingerprint density at radius 3 is 2.67 bits per heavy atom. The minimum absolute atomic E-state index is 0.0941. The van der Waals surface area contributed by atoms with Crippen LogP contribution in [0.1, 0.15) is 37.9 Å². The van der Waals surface area contributed by atoms with Crippen LogP contribution in [0.3, 0.4) is 0 Å². The zero-order valence-corrected chi connectivity index (χ0v) is 23.7. The van der Waals surface area contributed by atoms with E-state index in [0.29, 0.717) is 52.2 Å². The predicted octanol–water partition coefficient (Wildman–Crippen LogP) is 5.55. The minimum atomic E-state index is -0.446. The average Bonchev–Trinajstić information content (AvgIpc) is 3.42. The number of rotatable bonds is 6. The third-order valence-electron chi connectivity index (χ3n) is 6.95. The maximum Gasteiger partial charge on any atom is 0.356 e. The summed E-state index contributed by atoms with van der Waals surface area (Å²) in [5.41, 5.74) is 4.78. The van der Waals surface area contributed by atoms with Crippen molar-refractivity contribution in [3.63, 3.8) is 0 Å². The van der Waals surface area contributed by atoms with Crippen LogP contribution < -0.4 is 10.6 Å². The van der Waals surface area contributed by atoms with Crippen LogP contribution in [0.2, 0.25) is 5.02 Å². The van der Waals surface area contributed by atoms with Crippen LogP contribution in [-0.4, -0.2) is 56.0 Å². The van der Waals surface area contributed by atoms with E-state index >= 15 is 0 Å². The fourth-order valence-corrected chi connectivity index (χ4v) is 6.20. The van der Waals surface area contributed by atoms with Crippen LogP contribution >= 0.6 is 22.9 Å². The molecule has 0 saturated carbocycles. The van der Waals surface area contributed by atoms with Crippen molar-refractivity contribution < 1.29 is 4.79 Å². The van der Waals surface area contributed by atoms with Gasteiger partial charge in [0.15, 0.2) is 5.65 Å². The standard InChI is InChI=1S/C29H29ClN6O2S/c1-6-19-10-8-9-11-20(19)25-22(30)14-21-26(35-13-12-34(15-18(35)5)23(37)7-2)33-29(38)36(27(21)32-25)28-24(17(3)4)31-16-39-28/h6-11,14,16-18H,1-2,12-13,15H2,3-5H3/t18-/m0/s1. The molecule has 0 spiro atoms. The van der Waals surface area contributed by atoms with Gasteiger partial charge in [0.05, 0.1) is 27.3 Å². The summed E-state index contributed by atoms with van der Waals surface area (Å²) < 4.78 is 1.55. The summed E-state index contributed by atoms with van der Waals surface area (Å²) in [6, 6.07) is 9.47. The van der Waals surface area contributed by atoms with E-state index in [9.17, 15) is 9.59 Å². The largest absolute Gasteiger partial charge is 0.356 e. The van der Waals surface area contributed by atoms with Gasteiger partial charge in [0.2, 0.25) is 5.91 Å². The fourth-order valence-electron chi connectivity index (χ4n) is 5.00. The first-order valence-electron chi connectivity index (χ1n) is 12.7. The zero-order chi connectivity index (χ0) is 27.8. The van der Waals surface area contributed by atoms with Crippen molar-refractivity contribution in [2.75, 3.05) is 24.5 Å². The molecule has 0 bridgehead atoms. The first-order chi connectivity index (χ1) is 18.7. The molecule has 4 heterocycles. The number of amides is 1. The second kappa shape index (κ2) is 10.7. The van der Waals surface area contributed by atoms with Gasteiger partial charge in [-0.3, -0.25) is 4.79 Å². The summed E-state index contributed by atoms with van der Waals surface area (Å²) in [7, 11) is 0. The smallest absolute Gasteiger partial charge is 0.350 e. The van der Waals surface area contributed by atoms with Crippen LogP contribution in [0.25, 0.3) is 33.4 Å². The van der Waals surface area contributed by atoms with E-state index in [1.165, 1.54) is 17.4 Å². The molecule has 1 aliphatic rings. The highest BCUT2D eigenvalue weighted by atomic mass is 35.5. The van der Waals surface area contributed by atoms with Crippen LogP contribution in [-0.2, 0) is 4.79 Å². The van der Waals surface area contributed by atoms with E-state index in [4.69, 9.17) is 16.6 Å². The van der Waals surface area contributed by atoms with E-state index in [1.54, 1.807) is 21.1 Å². The minimum Gasteiger partial charge on any atom is -0.350 e. The average molecular weight is 561 g/mol. The van der Waals surface area contributed by atoms with Crippen molar-refractivity contribution in [1.82, 2.24) is 24.4 Å². The van der Waals surface area contributed by atoms with Gasteiger partial charge >= 0.3 is 5.69 Å². The Morgan fingerprint density at radius 2 is 1.97 bits per heavy atom. The number of piperazine rings is 1. The van der Waals surface area contributed by atoms with Crippen molar-refractivity contribution in [3.8, 4) is 16.3 Å². The summed E-state index contributed by atoms with van der Waals surface area (Å²) >= 11 is 8.27. The molecule has 0 aliphatic carbocycles. The van der Waals surface area contributed by atoms with E-state index < -0.39 is 5.69 Å². The van der Waals surface area contributed by atoms with Gasteiger partial charge in [-0.2, -0.15) is 4.98 Å². The lowest BCUT2D eigenvalue weighted by Crippen LogP contribution is -2.54. The van der Waals surface area contributed by atoms with Gasteiger partial charge in [0.25, 0.3) is 0 Å². The number of hydrogen-bond acceptors (Lipinski definition) is 7. The molecule has 1 aliphatic heterocycles. The Kier molecular flexibility index (Phi) is 7.38. The van der Waals surface area contributed by atoms with E-state index in [-0.39, 0.29) is 17.9 Å². The molecular weight excluding hydrogens is 532 g/mol. The van der Waals surface area contributed by atoms with Crippen LogP contribution in [0, 0.1) is 0 Å². The van der Waals surface area contributed by atoms with Gasteiger partial charge in [-0.25, -0.2) is 19.3 Å². The molecular formula is C29H29ClN6O2S. The number of aromatic nitrogens is 4. The molecule has 200 valence electrons. The molecule has 0 N–H and O–H groups in total. The number of carbonyl (C=O) groups is 1. The molecule has 0 unspecified atom stereocenters. The van der Waals surface area contributed by atoms with Crippen molar-refractivity contribution >= 4 is 51.8 Å². The summed E-state index contributed by atoms with van der Waals surface area (Å²) in [6.07, 6.45) is 3.08. The molecule has 1 atom stereocenters. The van der Waals surface area contributed by atoms with Crippen LogP contribution in [0.4, 0.5) is 5.82 Å². The van der Waals surface area contributed by atoms with Gasteiger partial charge in [0, 0.05) is 31.2 Å². The number of thiazole rings is 1. The first-order valence-corrected chi connectivity index (χ1v) is 14.0. The van der Waals surface area contributed by atoms with Crippen molar-refractivity contribution in [2.45, 2.75) is 32.7 Å². The van der Waals surface area contributed by atoms with Gasteiger partial charge < -0.3 is 9.80 Å². The van der Waals surface area contributed by atoms with Gasteiger partial charge in [0.1, 0.15) is 10.8 Å². The maximum atomic E-state index is 13.8. The van der Waals surface area contributed by atoms with Crippen LogP contribution in [0.5, 0.6) is 0 Å². The monoisotopic (exact) mass is 560 g/mol. The highest BCUT2D eigenvalue weighted by molar-refractivity contribution is 7.12. The second-order valence-corrected chi connectivity index (χ2v) is 11.0. The Morgan fingerprint density at radius 1 is 1.21 bits per heavy atom.